The van der Waals surface area contributed by atoms with Crippen molar-refractivity contribution < 1.29 is 0 Å². The highest BCUT2D eigenvalue weighted by Crippen LogP contribution is 2.56. The molecule has 3 fully saturated rings. The third-order valence-corrected chi connectivity index (χ3v) is 7.19. The molecule has 32 heavy (non-hydrogen) atoms. The Morgan fingerprint density at radius 1 is 1.16 bits per heavy atom. The first kappa shape index (κ1) is 19.2. The van der Waals surface area contributed by atoms with E-state index in [1.54, 1.807) is 6.33 Å². The largest absolute Gasteiger partial charge is 0.373 e. The first-order chi connectivity index (χ1) is 15.6. The highest BCUT2D eigenvalue weighted by molar-refractivity contribution is 5.91. The van der Waals surface area contributed by atoms with Crippen molar-refractivity contribution in [1.82, 2.24) is 29.9 Å². The summed E-state index contributed by atoms with van der Waals surface area (Å²) in [6.45, 7) is 2.04. The first-order valence-electron chi connectivity index (χ1n) is 11.2. The van der Waals surface area contributed by atoms with E-state index in [9.17, 15) is 0 Å². The van der Waals surface area contributed by atoms with Crippen LogP contribution in [0.25, 0.3) is 10.9 Å². The van der Waals surface area contributed by atoms with Crippen molar-refractivity contribution in [3.63, 3.8) is 0 Å². The molecule has 2 bridgehead atoms. The van der Waals surface area contributed by atoms with E-state index in [0.717, 1.165) is 45.3 Å². The molecule has 8 heteroatoms. The van der Waals surface area contributed by atoms with E-state index in [1.807, 2.05) is 38.4 Å². The lowest BCUT2D eigenvalue weighted by Crippen LogP contribution is -2.39. The van der Waals surface area contributed by atoms with Crippen molar-refractivity contribution in [1.29, 1.82) is 0 Å². The average Bonchev–Trinajstić information content (AvgIpc) is 3.53. The van der Waals surface area contributed by atoms with Gasteiger partial charge in [-0.2, -0.15) is 0 Å². The summed E-state index contributed by atoms with van der Waals surface area (Å²) in [5.41, 5.74) is 5.02. The summed E-state index contributed by atoms with van der Waals surface area (Å²) in [7, 11) is 1.87. The quantitative estimate of drug-likeness (QED) is 0.480. The fourth-order valence-corrected chi connectivity index (χ4v) is 5.46. The van der Waals surface area contributed by atoms with Crippen LogP contribution in [0.5, 0.6) is 0 Å². The molecule has 1 atom stereocenters. The van der Waals surface area contributed by atoms with Crippen LogP contribution in [-0.4, -0.2) is 37.0 Å². The van der Waals surface area contributed by atoms with E-state index >= 15 is 0 Å². The maximum Gasteiger partial charge on any atom is 0.137 e. The molecular formula is C24H26N8. The van der Waals surface area contributed by atoms with E-state index < -0.39 is 0 Å². The van der Waals surface area contributed by atoms with Gasteiger partial charge in [0.25, 0.3) is 0 Å². The van der Waals surface area contributed by atoms with E-state index in [0.29, 0.717) is 0 Å². The smallest absolute Gasteiger partial charge is 0.137 e. The third kappa shape index (κ3) is 3.01. The SMILES string of the molecule is CNc1ncnc2ccc(N[C@@H](c3cn(C45CCC(C4)C5)nn3)c3cccnc3C)cc12. The van der Waals surface area contributed by atoms with Gasteiger partial charge in [-0.15, -0.1) is 5.10 Å². The van der Waals surface area contributed by atoms with Gasteiger partial charge >= 0.3 is 0 Å². The Morgan fingerprint density at radius 3 is 2.84 bits per heavy atom. The second-order valence-corrected chi connectivity index (χ2v) is 9.08. The van der Waals surface area contributed by atoms with Crippen molar-refractivity contribution in [2.45, 2.75) is 44.2 Å². The van der Waals surface area contributed by atoms with Crippen molar-refractivity contribution in [2.24, 2.45) is 5.92 Å². The van der Waals surface area contributed by atoms with Crippen LogP contribution in [0.1, 0.15) is 48.7 Å². The molecule has 3 aromatic heterocycles. The summed E-state index contributed by atoms with van der Waals surface area (Å²) in [5, 5.41) is 17.0. The van der Waals surface area contributed by atoms with Crippen LogP contribution in [0.4, 0.5) is 11.5 Å². The average molecular weight is 427 g/mol. The highest BCUT2D eigenvalue weighted by atomic mass is 15.5. The Balaban J connectivity index is 1.40. The summed E-state index contributed by atoms with van der Waals surface area (Å²) in [5.74, 6) is 1.68. The van der Waals surface area contributed by atoms with Crippen molar-refractivity contribution in [2.75, 3.05) is 17.7 Å². The third-order valence-electron chi connectivity index (χ3n) is 7.19. The van der Waals surface area contributed by atoms with Crippen LogP contribution in [-0.2, 0) is 5.54 Å². The fraction of sp³-hybridized carbons (Fsp3) is 0.375. The number of anilines is 2. The summed E-state index contributed by atoms with van der Waals surface area (Å²) in [6, 6.07) is 10.1. The fourth-order valence-electron chi connectivity index (χ4n) is 5.46. The zero-order valence-electron chi connectivity index (χ0n) is 18.3. The zero-order valence-corrected chi connectivity index (χ0v) is 18.3. The van der Waals surface area contributed by atoms with Crippen molar-refractivity contribution >= 4 is 22.4 Å². The number of pyridine rings is 1. The molecule has 3 aliphatic carbocycles. The van der Waals surface area contributed by atoms with Gasteiger partial charge in [-0.25, -0.2) is 14.6 Å². The molecule has 3 heterocycles. The summed E-state index contributed by atoms with van der Waals surface area (Å²) in [6.07, 6.45) is 10.5. The molecule has 0 spiro atoms. The Hall–Kier alpha value is -3.55. The Morgan fingerprint density at radius 2 is 2.06 bits per heavy atom. The van der Waals surface area contributed by atoms with Crippen LogP contribution >= 0.6 is 0 Å². The number of benzene rings is 1. The number of hydrogen-bond donors (Lipinski definition) is 2. The predicted molar refractivity (Wildman–Crippen MR) is 123 cm³/mol. The number of hydrogen-bond acceptors (Lipinski definition) is 7. The van der Waals surface area contributed by atoms with E-state index in [1.165, 1.54) is 25.7 Å². The molecule has 0 radical (unpaired) electrons. The number of aryl methyl sites for hydroxylation is 1. The first-order valence-corrected chi connectivity index (χ1v) is 11.2. The molecule has 0 aliphatic heterocycles. The predicted octanol–water partition coefficient (Wildman–Crippen LogP) is 4.07. The molecule has 0 unspecified atom stereocenters. The number of fused-ring (bicyclic) bond motifs is 2. The van der Waals surface area contributed by atoms with Crippen molar-refractivity contribution in [3.8, 4) is 0 Å². The summed E-state index contributed by atoms with van der Waals surface area (Å²) >= 11 is 0. The highest BCUT2D eigenvalue weighted by Gasteiger charge is 2.52. The van der Waals surface area contributed by atoms with Crippen LogP contribution in [0.15, 0.2) is 49.1 Å². The van der Waals surface area contributed by atoms with E-state index in [-0.39, 0.29) is 11.6 Å². The Labute approximate surface area is 186 Å². The molecule has 162 valence electrons. The molecular weight excluding hydrogens is 400 g/mol. The monoisotopic (exact) mass is 426 g/mol. The second kappa shape index (κ2) is 7.25. The minimum atomic E-state index is -0.161. The van der Waals surface area contributed by atoms with E-state index in [4.69, 9.17) is 0 Å². The topological polar surface area (TPSA) is 93.4 Å². The van der Waals surface area contributed by atoms with Crippen molar-refractivity contribution in [3.05, 3.63) is 66.0 Å². The molecule has 7 rings (SSSR count). The standard InChI is InChI=1S/C24H26N8/c1-15-18(4-3-9-26-15)22(21-13-32(31-30-21)24-8-7-16(11-24)12-24)29-17-5-6-20-19(10-17)23(25-2)28-14-27-20/h3-6,9-10,13-14,16,22,29H,7-8,11-12H2,1-2H3,(H,25,27,28)/t16?,22-,24?/m1/s1. The number of aromatic nitrogens is 6. The number of nitrogens with zero attached hydrogens (tertiary/aromatic N) is 6. The molecule has 2 N–H and O–H groups in total. The van der Waals surface area contributed by atoms with Gasteiger partial charge in [-0.05, 0) is 62.8 Å². The van der Waals surface area contributed by atoms with Crippen LogP contribution in [0.2, 0.25) is 0 Å². The van der Waals surface area contributed by atoms with Gasteiger partial charge in [0.15, 0.2) is 0 Å². The van der Waals surface area contributed by atoms with Crippen LogP contribution in [0.3, 0.4) is 0 Å². The summed E-state index contributed by atoms with van der Waals surface area (Å²) in [4.78, 5) is 13.3. The van der Waals surface area contributed by atoms with Gasteiger partial charge in [0, 0.05) is 35.6 Å². The molecule has 1 aromatic carbocycles. The van der Waals surface area contributed by atoms with Gasteiger partial charge in [0.05, 0.1) is 23.3 Å². The van der Waals surface area contributed by atoms with E-state index in [2.05, 4.69) is 58.9 Å². The molecule has 0 amide bonds. The minimum Gasteiger partial charge on any atom is -0.373 e. The molecule has 0 saturated heterocycles. The Bertz CT molecular complexity index is 1280. The Kier molecular flexibility index (Phi) is 4.34. The van der Waals surface area contributed by atoms with Gasteiger partial charge in [0.1, 0.15) is 17.8 Å². The summed E-state index contributed by atoms with van der Waals surface area (Å²) < 4.78 is 2.12. The number of nitrogens with one attached hydrogen (secondary N) is 2. The van der Waals surface area contributed by atoms with Crippen LogP contribution < -0.4 is 10.6 Å². The maximum absolute atomic E-state index is 4.63. The molecule has 4 aromatic rings. The van der Waals surface area contributed by atoms with Crippen LogP contribution in [0, 0.1) is 12.8 Å². The lowest BCUT2D eigenvalue weighted by molar-refractivity contribution is 0.132. The molecule has 8 nitrogen and oxygen atoms in total. The minimum absolute atomic E-state index is 0.161. The normalized spacial score (nSPS) is 22.5. The van der Waals surface area contributed by atoms with Gasteiger partial charge < -0.3 is 10.6 Å². The van der Waals surface area contributed by atoms with Gasteiger partial charge in [0.2, 0.25) is 0 Å². The van der Waals surface area contributed by atoms with Gasteiger partial charge in [-0.1, -0.05) is 11.3 Å². The van der Waals surface area contributed by atoms with Gasteiger partial charge in [-0.3, -0.25) is 4.98 Å². The lowest BCUT2D eigenvalue weighted by atomic mass is 9.77. The lowest BCUT2D eigenvalue weighted by Gasteiger charge is -2.38. The molecule has 3 aliphatic rings. The number of rotatable bonds is 6. The second-order valence-electron chi connectivity index (χ2n) is 9.08. The molecule has 3 saturated carbocycles. The zero-order chi connectivity index (χ0) is 21.7. The maximum atomic E-state index is 4.63.